The number of ether oxygens (including phenoxy) is 2. The van der Waals surface area contributed by atoms with Crippen LogP contribution in [0.2, 0.25) is 0 Å². The Morgan fingerprint density at radius 3 is 2.80 bits per heavy atom. The summed E-state index contributed by atoms with van der Waals surface area (Å²) < 4.78 is 24.8. The van der Waals surface area contributed by atoms with Gasteiger partial charge in [0.05, 0.1) is 25.5 Å². The average molecular weight is 273 g/mol. The van der Waals surface area contributed by atoms with Crippen molar-refractivity contribution in [1.82, 2.24) is 4.98 Å². The SMILES string of the molecule is Fc1ccc2cc(C3CC3)nc(C3COCCO3)c2c1. The zero-order valence-corrected chi connectivity index (χ0v) is 11.1. The number of rotatable bonds is 2. The van der Waals surface area contributed by atoms with Crippen molar-refractivity contribution in [3.05, 3.63) is 41.5 Å². The zero-order valence-electron chi connectivity index (χ0n) is 11.1. The molecule has 2 aromatic rings. The van der Waals surface area contributed by atoms with E-state index in [2.05, 4.69) is 6.07 Å². The Labute approximate surface area is 116 Å². The van der Waals surface area contributed by atoms with Gasteiger partial charge in [-0.15, -0.1) is 0 Å². The molecule has 0 spiro atoms. The summed E-state index contributed by atoms with van der Waals surface area (Å²) >= 11 is 0. The van der Waals surface area contributed by atoms with Crippen LogP contribution in [0.15, 0.2) is 24.3 Å². The van der Waals surface area contributed by atoms with Gasteiger partial charge in [-0.3, -0.25) is 4.98 Å². The molecule has 1 aliphatic carbocycles. The topological polar surface area (TPSA) is 31.4 Å². The molecule has 1 saturated heterocycles. The Kier molecular flexibility index (Phi) is 2.93. The molecule has 1 atom stereocenters. The van der Waals surface area contributed by atoms with Gasteiger partial charge in [0.15, 0.2) is 0 Å². The van der Waals surface area contributed by atoms with E-state index in [9.17, 15) is 4.39 Å². The van der Waals surface area contributed by atoms with Crippen molar-refractivity contribution >= 4 is 10.8 Å². The predicted molar refractivity (Wildman–Crippen MR) is 73.2 cm³/mol. The molecule has 3 nitrogen and oxygen atoms in total. The minimum Gasteiger partial charge on any atom is -0.376 e. The van der Waals surface area contributed by atoms with Crippen LogP contribution in [-0.4, -0.2) is 24.8 Å². The number of fused-ring (bicyclic) bond motifs is 1. The predicted octanol–water partition coefficient (Wildman–Crippen LogP) is 3.34. The van der Waals surface area contributed by atoms with Crippen LogP contribution in [0, 0.1) is 5.82 Å². The van der Waals surface area contributed by atoms with E-state index in [4.69, 9.17) is 14.5 Å². The van der Waals surface area contributed by atoms with Gasteiger partial charge in [-0.25, -0.2) is 4.39 Å². The molecule has 2 fully saturated rings. The van der Waals surface area contributed by atoms with Gasteiger partial charge in [0, 0.05) is 17.0 Å². The highest BCUT2D eigenvalue weighted by Crippen LogP contribution is 2.41. The summed E-state index contributed by atoms with van der Waals surface area (Å²) in [5.41, 5.74) is 1.93. The second-order valence-corrected chi connectivity index (χ2v) is 5.51. The number of nitrogens with zero attached hydrogens (tertiary/aromatic N) is 1. The zero-order chi connectivity index (χ0) is 13.5. The number of halogens is 1. The first-order chi connectivity index (χ1) is 9.81. The van der Waals surface area contributed by atoms with Crippen LogP contribution in [0.4, 0.5) is 4.39 Å². The molecule has 1 saturated carbocycles. The molecule has 1 aliphatic heterocycles. The summed E-state index contributed by atoms with van der Waals surface area (Å²) in [7, 11) is 0. The highest BCUT2D eigenvalue weighted by atomic mass is 19.1. The molecule has 2 heterocycles. The van der Waals surface area contributed by atoms with Crippen LogP contribution < -0.4 is 0 Å². The molecule has 4 rings (SSSR count). The molecule has 1 aromatic heterocycles. The van der Waals surface area contributed by atoms with Crippen LogP contribution in [0.5, 0.6) is 0 Å². The van der Waals surface area contributed by atoms with E-state index in [1.807, 2.05) is 6.07 Å². The second-order valence-electron chi connectivity index (χ2n) is 5.51. The van der Waals surface area contributed by atoms with Crippen LogP contribution in [0.1, 0.15) is 36.3 Å². The molecule has 1 aromatic carbocycles. The Balaban J connectivity index is 1.87. The first-order valence-corrected chi connectivity index (χ1v) is 7.11. The first-order valence-electron chi connectivity index (χ1n) is 7.11. The number of hydrogen-bond acceptors (Lipinski definition) is 3. The summed E-state index contributed by atoms with van der Waals surface area (Å²) in [4.78, 5) is 4.76. The van der Waals surface area contributed by atoms with Gasteiger partial charge in [0.25, 0.3) is 0 Å². The molecule has 104 valence electrons. The summed E-state index contributed by atoms with van der Waals surface area (Å²) in [6.07, 6.45) is 2.20. The fourth-order valence-corrected chi connectivity index (χ4v) is 2.75. The number of aromatic nitrogens is 1. The van der Waals surface area contributed by atoms with Crippen LogP contribution >= 0.6 is 0 Å². The molecular formula is C16H16FNO2. The van der Waals surface area contributed by atoms with Gasteiger partial charge in [-0.1, -0.05) is 6.07 Å². The quantitative estimate of drug-likeness (QED) is 0.841. The van der Waals surface area contributed by atoms with Crippen LogP contribution in [0.25, 0.3) is 10.8 Å². The van der Waals surface area contributed by atoms with Crippen molar-refractivity contribution < 1.29 is 13.9 Å². The van der Waals surface area contributed by atoms with E-state index in [1.165, 1.54) is 18.9 Å². The summed E-state index contributed by atoms with van der Waals surface area (Å²) in [6, 6.07) is 6.96. The molecule has 0 amide bonds. The van der Waals surface area contributed by atoms with Gasteiger partial charge < -0.3 is 9.47 Å². The smallest absolute Gasteiger partial charge is 0.123 e. The van der Waals surface area contributed by atoms with E-state index < -0.39 is 0 Å². The third-order valence-corrected chi connectivity index (χ3v) is 3.96. The number of benzene rings is 1. The first kappa shape index (κ1) is 12.2. The van der Waals surface area contributed by atoms with Gasteiger partial charge >= 0.3 is 0 Å². The van der Waals surface area contributed by atoms with Gasteiger partial charge in [-0.2, -0.15) is 0 Å². The van der Waals surface area contributed by atoms with Crippen LogP contribution in [0.3, 0.4) is 0 Å². The summed E-state index contributed by atoms with van der Waals surface area (Å²) in [5, 5.41) is 1.87. The number of hydrogen-bond donors (Lipinski definition) is 0. The van der Waals surface area contributed by atoms with Gasteiger partial charge in [0.2, 0.25) is 0 Å². The third-order valence-electron chi connectivity index (χ3n) is 3.96. The minimum absolute atomic E-state index is 0.188. The molecule has 0 radical (unpaired) electrons. The lowest BCUT2D eigenvalue weighted by atomic mass is 10.0. The second kappa shape index (κ2) is 4.79. The van der Waals surface area contributed by atoms with Crippen molar-refractivity contribution in [2.75, 3.05) is 19.8 Å². The van der Waals surface area contributed by atoms with Crippen molar-refractivity contribution in [2.24, 2.45) is 0 Å². The van der Waals surface area contributed by atoms with Crippen molar-refractivity contribution in [3.63, 3.8) is 0 Å². The fraction of sp³-hybridized carbons (Fsp3) is 0.438. The minimum atomic E-state index is -0.239. The largest absolute Gasteiger partial charge is 0.376 e. The summed E-state index contributed by atoms with van der Waals surface area (Å²) in [6.45, 7) is 1.68. The molecular weight excluding hydrogens is 257 g/mol. The van der Waals surface area contributed by atoms with Gasteiger partial charge in [-0.05, 0) is 36.4 Å². The Morgan fingerprint density at radius 1 is 1.15 bits per heavy atom. The van der Waals surface area contributed by atoms with E-state index in [0.717, 1.165) is 22.2 Å². The van der Waals surface area contributed by atoms with E-state index in [1.54, 1.807) is 6.07 Å². The lowest BCUT2D eigenvalue weighted by Gasteiger charge is -2.24. The Morgan fingerprint density at radius 2 is 2.05 bits per heavy atom. The van der Waals surface area contributed by atoms with Crippen molar-refractivity contribution in [3.8, 4) is 0 Å². The van der Waals surface area contributed by atoms with Crippen LogP contribution in [-0.2, 0) is 9.47 Å². The molecule has 20 heavy (non-hydrogen) atoms. The highest BCUT2D eigenvalue weighted by molar-refractivity contribution is 5.85. The molecule has 0 bridgehead atoms. The standard InChI is InChI=1S/C16H16FNO2/c17-12-4-3-11-7-14(10-1-2-10)18-16(13(11)8-12)15-9-19-5-6-20-15/h3-4,7-8,10,15H,1-2,5-6,9H2. The Bertz CT molecular complexity index is 648. The van der Waals surface area contributed by atoms with E-state index in [-0.39, 0.29) is 11.9 Å². The molecule has 4 heteroatoms. The highest BCUT2D eigenvalue weighted by Gasteiger charge is 2.28. The fourth-order valence-electron chi connectivity index (χ4n) is 2.75. The van der Waals surface area contributed by atoms with E-state index >= 15 is 0 Å². The van der Waals surface area contributed by atoms with Crippen molar-refractivity contribution in [1.29, 1.82) is 0 Å². The molecule has 2 aliphatic rings. The van der Waals surface area contributed by atoms with E-state index in [0.29, 0.717) is 25.7 Å². The molecule has 0 N–H and O–H groups in total. The van der Waals surface area contributed by atoms with Crippen molar-refractivity contribution in [2.45, 2.75) is 24.9 Å². The maximum atomic E-state index is 13.6. The lowest BCUT2D eigenvalue weighted by Crippen LogP contribution is -2.23. The maximum Gasteiger partial charge on any atom is 0.123 e. The third kappa shape index (κ3) is 2.19. The Hall–Kier alpha value is -1.52. The average Bonchev–Trinajstić information content (AvgIpc) is 3.32. The normalized spacial score (nSPS) is 23.1. The monoisotopic (exact) mass is 273 g/mol. The van der Waals surface area contributed by atoms with Gasteiger partial charge in [0.1, 0.15) is 11.9 Å². The molecule has 1 unspecified atom stereocenters. The lowest BCUT2D eigenvalue weighted by molar-refractivity contribution is -0.0912. The maximum absolute atomic E-state index is 13.6. The number of pyridine rings is 1. The summed E-state index contributed by atoms with van der Waals surface area (Å²) in [5.74, 6) is 0.323.